The van der Waals surface area contributed by atoms with Crippen molar-refractivity contribution in [3.8, 4) is 0 Å². The van der Waals surface area contributed by atoms with E-state index in [9.17, 15) is 9.18 Å². The van der Waals surface area contributed by atoms with Gasteiger partial charge in [0.1, 0.15) is 6.17 Å². The number of nitrogens with one attached hydrogen (secondary N) is 2. The van der Waals surface area contributed by atoms with Crippen molar-refractivity contribution in [3.05, 3.63) is 5.32 Å². The van der Waals surface area contributed by atoms with E-state index in [1.807, 2.05) is 13.8 Å². The number of likely N-dealkylation sites (N-methyl/N-ethyl adjacent to an activating group) is 1. The van der Waals surface area contributed by atoms with Crippen LogP contribution in [-0.2, 0) is 47.0 Å². The maximum atomic E-state index is 13.9. The normalized spacial score (nSPS) is 11.8. The summed E-state index contributed by atoms with van der Waals surface area (Å²) in [5.74, 6) is -0.244. The molecule has 0 aromatic rings. The van der Waals surface area contributed by atoms with Crippen LogP contribution in [0.3, 0.4) is 0 Å². The van der Waals surface area contributed by atoms with Crippen molar-refractivity contribution in [1.82, 2.24) is 10.6 Å². The zero-order chi connectivity index (χ0) is 18.1. The molecule has 0 spiro atoms. The van der Waals surface area contributed by atoms with E-state index in [0.29, 0.717) is 32.9 Å². The Balaban J connectivity index is -0.00000141. The van der Waals surface area contributed by atoms with Gasteiger partial charge in [-0.1, -0.05) is 13.8 Å². The molecule has 143 valence electrons. The minimum absolute atomic E-state index is 0. The van der Waals surface area contributed by atoms with Crippen LogP contribution in [0.2, 0.25) is 0 Å². The Morgan fingerprint density at radius 1 is 1.21 bits per heavy atom. The SMILES string of the molecule is CC.C[N-]CCOCCNCCOC(C)(C)C(F)CNC(C)=O.[Y]. The van der Waals surface area contributed by atoms with Crippen LogP contribution < -0.4 is 10.6 Å². The quantitative estimate of drug-likeness (QED) is 0.442. The van der Waals surface area contributed by atoms with Crippen molar-refractivity contribution in [2.45, 2.75) is 46.4 Å². The average molecular weight is 425 g/mol. The molecular formula is C16H35FN3O3Y-. The second-order valence-corrected chi connectivity index (χ2v) is 5.26. The summed E-state index contributed by atoms with van der Waals surface area (Å²) < 4.78 is 24.7. The molecule has 0 rings (SSSR count). The molecule has 1 unspecified atom stereocenters. The number of halogens is 1. The van der Waals surface area contributed by atoms with Gasteiger partial charge in [0, 0.05) is 59.3 Å². The van der Waals surface area contributed by atoms with E-state index in [4.69, 9.17) is 9.47 Å². The summed E-state index contributed by atoms with van der Waals surface area (Å²) in [5, 5.41) is 9.53. The molecule has 0 saturated carbocycles. The number of nitrogens with zero attached hydrogens (tertiary/aromatic N) is 1. The molecule has 6 nitrogen and oxygen atoms in total. The van der Waals surface area contributed by atoms with Crippen molar-refractivity contribution in [2.75, 3.05) is 53.0 Å². The molecule has 0 aromatic carbocycles. The first-order valence-electron chi connectivity index (χ1n) is 8.26. The fourth-order valence-electron chi connectivity index (χ4n) is 1.48. The van der Waals surface area contributed by atoms with Gasteiger partial charge >= 0.3 is 0 Å². The second-order valence-electron chi connectivity index (χ2n) is 5.26. The first kappa shape index (κ1) is 29.1. The zero-order valence-electron chi connectivity index (χ0n) is 16.2. The van der Waals surface area contributed by atoms with Gasteiger partial charge in [-0.2, -0.15) is 7.05 Å². The number of carbonyl (C=O) groups excluding carboxylic acids is 1. The van der Waals surface area contributed by atoms with Crippen molar-refractivity contribution in [2.24, 2.45) is 0 Å². The van der Waals surface area contributed by atoms with Gasteiger partial charge in [0.25, 0.3) is 0 Å². The smallest absolute Gasteiger partial charge is 0.216 e. The molecule has 0 aromatic heterocycles. The molecule has 0 aliphatic rings. The molecule has 2 N–H and O–H groups in total. The summed E-state index contributed by atoms with van der Waals surface area (Å²) in [4.78, 5) is 10.8. The maximum absolute atomic E-state index is 13.9. The van der Waals surface area contributed by atoms with E-state index in [2.05, 4.69) is 16.0 Å². The van der Waals surface area contributed by atoms with Crippen LogP contribution in [0.4, 0.5) is 4.39 Å². The number of alkyl halides is 1. The van der Waals surface area contributed by atoms with Crippen LogP contribution in [0.15, 0.2) is 0 Å². The van der Waals surface area contributed by atoms with E-state index in [0.717, 1.165) is 6.54 Å². The number of ether oxygens (including phenoxy) is 2. The minimum atomic E-state index is -1.25. The number of carbonyl (C=O) groups is 1. The summed E-state index contributed by atoms with van der Waals surface area (Å²) >= 11 is 0. The molecule has 0 bridgehead atoms. The van der Waals surface area contributed by atoms with Crippen LogP contribution in [0.5, 0.6) is 0 Å². The fourth-order valence-corrected chi connectivity index (χ4v) is 1.48. The number of hydrogen-bond acceptors (Lipinski definition) is 4. The van der Waals surface area contributed by atoms with Crippen LogP contribution in [0.25, 0.3) is 5.32 Å². The van der Waals surface area contributed by atoms with Gasteiger partial charge < -0.3 is 25.4 Å². The molecule has 0 heterocycles. The Morgan fingerprint density at radius 2 is 1.79 bits per heavy atom. The molecule has 1 amide bonds. The Kier molecular flexibility index (Phi) is 23.9. The van der Waals surface area contributed by atoms with E-state index in [-0.39, 0.29) is 45.2 Å². The number of rotatable bonds is 13. The summed E-state index contributed by atoms with van der Waals surface area (Å²) in [7, 11) is 1.75. The largest absolute Gasteiger partial charge is 0.663 e. The van der Waals surface area contributed by atoms with Gasteiger partial charge in [-0.05, 0) is 13.8 Å². The monoisotopic (exact) mass is 425 g/mol. The van der Waals surface area contributed by atoms with Gasteiger partial charge in [-0.15, -0.1) is 6.54 Å². The second kappa shape index (κ2) is 19.7. The van der Waals surface area contributed by atoms with Crippen LogP contribution in [-0.4, -0.2) is 70.7 Å². The third-order valence-corrected chi connectivity index (χ3v) is 2.92. The van der Waals surface area contributed by atoms with Gasteiger partial charge in [0.15, 0.2) is 0 Å². The van der Waals surface area contributed by atoms with Crippen LogP contribution >= 0.6 is 0 Å². The summed E-state index contributed by atoms with van der Waals surface area (Å²) in [6, 6.07) is 0. The molecular weight excluding hydrogens is 390 g/mol. The third-order valence-electron chi connectivity index (χ3n) is 2.92. The van der Waals surface area contributed by atoms with Crippen LogP contribution in [0, 0.1) is 0 Å². The summed E-state index contributed by atoms with van der Waals surface area (Å²) in [6.45, 7) is 12.4. The van der Waals surface area contributed by atoms with E-state index >= 15 is 0 Å². The number of hydrogen-bond donors (Lipinski definition) is 2. The maximum Gasteiger partial charge on any atom is 0.216 e. The average Bonchev–Trinajstić information content (AvgIpc) is 2.52. The molecule has 1 atom stereocenters. The molecule has 24 heavy (non-hydrogen) atoms. The number of amides is 1. The van der Waals surface area contributed by atoms with Crippen LogP contribution in [0.1, 0.15) is 34.6 Å². The molecule has 0 aliphatic heterocycles. The van der Waals surface area contributed by atoms with Gasteiger partial charge in [0.2, 0.25) is 5.91 Å². The molecule has 8 heteroatoms. The van der Waals surface area contributed by atoms with Crippen molar-refractivity contribution in [1.29, 1.82) is 0 Å². The predicted octanol–water partition coefficient (Wildman–Crippen LogP) is 1.89. The van der Waals surface area contributed by atoms with E-state index in [1.54, 1.807) is 20.9 Å². The van der Waals surface area contributed by atoms with E-state index < -0.39 is 11.8 Å². The Morgan fingerprint density at radius 3 is 2.33 bits per heavy atom. The third kappa shape index (κ3) is 18.7. The molecule has 0 fully saturated rings. The van der Waals surface area contributed by atoms with Crippen molar-refractivity contribution in [3.63, 3.8) is 0 Å². The van der Waals surface area contributed by atoms with Crippen molar-refractivity contribution >= 4 is 5.91 Å². The Bertz CT molecular complexity index is 285. The van der Waals surface area contributed by atoms with E-state index in [1.165, 1.54) is 6.92 Å². The Hall–Kier alpha value is 0.344. The van der Waals surface area contributed by atoms with Gasteiger partial charge in [0.05, 0.1) is 25.4 Å². The first-order valence-corrected chi connectivity index (χ1v) is 8.26. The summed E-state index contributed by atoms with van der Waals surface area (Å²) in [5.41, 5.74) is -0.927. The molecule has 0 saturated heterocycles. The Labute approximate surface area is 172 Å². The van der Waals surface area contributed by atoms with Gasteiger partial charge in [-0.3, -0.25) is 4.79 Å². The topological polar surface area (TPSA) is 73.7 Å². The first-order chi connectivity index (χ1) is 10.9. The fraction of sp³-hybridized carbons (Fsp3) is 0.938. The summed E-state index contributed by atoms with van der Waals surface area (Å²) in [6.07, 6.45) is -1.25. The predicted molar refractivity (Wildman–Crippen MR) is 92.8 cm³/mol. The zero-order valence-corrected chi connectivity index (χ0v) is 19.0. The molecule has 1 radical (unpaired) electrons. The minimum Gasteiger partial charge on any atom is -0.663 e. The van der Waals surface area contributed by atoms with Gasteiger partial charge in [-0.25, -0.2) is 4.39 Å². The van der Waals surface area contributed by atoms with Crippen molar-refractivity contribution < 1.29 is 51.4 Å². The molecule has 0 aliphatic carbocycles. The standard InChI is InChI=1S/C14H29FN3O3.C2H6.Y/c1-12(19)18-11-13(15)14(2,3)21-10-7-17-6-9-20-8-5-16-4;1-2;/h13,17H,5-11H2,1-4H3,(H,18,19);1-2H3;/q-1;;.